The predicted molar refractivity (Wildman–Crippen MR) is 153 cm³/mol. The number of fused-ring (bicyclic) bond motifs is 1. The Morgan fingerprint density at radius 2 is 1.79 bits per heavy atom. The molecular weight excluding hydrogens is 492 g/mol. The SMILES string of the molecule is CNc1nccc(COc2ccc(NC(=O)Nc3cc(C(C)(C)C)nn3-c3cccnc3)c3ccccc23)n1. The maximum Gasteiger partial charge on any atom is 0.324 e. The number of hydrogen-bond donors (Lipinski definition) is 3. The average molecular weight is 523 g/mol. The number of carbonyl (C=O) groups excluding carboxylic acids is 1. The van der Waals surface area contributed by atoms with Gasteiger partial charge in [0.25, 0.3) is 0 Å². The molecule has 3 heterocycles. The lowest BCUT2D eigenvalue weighted by Gasteiger charge is -2.14. The van der Waals surface area contributed by atoms with E-state index in [0.29, 0.717) is 23.2 Å². The number of rotatable bonds is 7. The zero-order valence-corrected chi connectivity index (χ0v) is 22.3. The smallest absolute Gasteiger partial charge is 0.324 e. The highest BCUT2D eigenvalue weighted by Crippen LogP contribution is 2.32. The van der Waals surface area contributed by atoms with Crippen LogP contribution in [-0.4, -0.2) is 37.8 Å². The molecular formula is C29H30N8O2. The lowest BCUT2D eigenvalue weighted by atomic mass is 9.92. The molecule has 0 fully saturated rings. The van der Waals surface area contributed by atoms with Crippen LogP contribution in [0.1, 0.15) is 32.2 Å². The third-order valence-electron chi connectivity index (χ3n) is 6.05. The van der Waals surface area contributed by atoms with Crippen LogP contribution in [-0.2, 0) is 12.0 Å². The van der Waals surface area contributed by atoms with E-state index in [1.165, 1.54) is 0 Å². The molecule has 0 aliphatic carbocycles. The number of urea groups is 1. The topological polar surface area (TPSA) is 119 Å². The van der Waals surface area contributed by atoms with Gasteiger partial charge in [0, 0.05) is 41.7 Å². The molecule has 3 aromatic heterocycles. The summed E-state index contributed by atoms with van der Waals surface area (Å²) >= 11 is 0. The van der Waals surface area contributed by atoms with Crippen molar-refractivity contribution in [2.75, 3.05) is 23.0 Å². The van der Waals surface area contributed by atoms with Crippen molar-refractivity contribution in [2.24, 2.45) is 0 Å². The minimum Gasteiger partial charge on any atom is -0.487 e. The Morgan fingerprint density at radius 1 is 0.974 bits per heavy atom. The second kappa shape index (κ2) is 10.8. The summed E-state index contributed by atoms with van der Waals surface area (Å²) in [6.45, 7) is 6.51. The zero-order valence-electron chi connectivity index (χ0n) is 22.3. The first-order chi connectivity index (χ1) is 18.8. The van der Waals surface area contributed by atoms with Gasteiger partial charge in [-0.1, -0.05) is 45.0 Å². The number of amides is 2. The Bertz CT molecular complexity index is 1610. The molecule has 2 aromatic carbocycles. The van der Waals surface area contributed by atoms with E-state index in [1.807, 2.05) is 60.7 Å². The van der Waals surface area contributed by atoms with Gasteiger partial charge in [0.15, 0.2) is 0 Å². The fraction of sp³-hybridized carbons (Fsp3) is 0.207. The molecule has 39 heavy (non-hydrogen) atoms. The van der Waals surface area contributed by atoms with E-state index < -0.39 is 0 Å². The van der Waals surface area contributed by atoms with Gasteiger partial charge in [-0.05, 0) is 30.3 Å². The number of carbonyl (C=O) groups is 1. The van der Waals surface area contributed by atoms with Gasteiger partial charge in [-0.25, -0.2) is 19.4 Å². The predicted octanol–water partition coefficient (Wildman–Crippen LogP) is 5.77. The number of aromatic nitrogens is 5. The van der Waals surface area contributed by atoms with Gasteiger partial charge in [-0.2, -0.15) is 5.10 Å². The first-order valence-electron chi connectivity index (χ1n) is 12.5. The number of benzene rings is 2. The Morgan fingerprint density at radius 3 is 2.54 bits per heavy atom. The Balaban J connectivity index is 1.38. The number of anilines is 3. The van der Waals surface area contributed by atoms with Crippen molar-refractivity contribution in [3.8, 4) is 11.4 Å². The van der Waals surface area contributed by atoms with Gasteiger partial charge in [0.05, 0.1) is 29.0 Å². The quantitative estimate of drug-likeness (QED) is 0.248. The molecule has 0 saturated carbocycles. The van der Waals surface area contributed by atoms with E-state index in [-0.39, 0.29) is 18.1 Å². The maximum atomic E-state index is 13.2. The van der Waals surface area contributed by atoms with Crippen molar-refractivity contribution in [2.45, 2.75) is 32.8 Å². The van der Waals surface area contributed by atoms with E-state index in [2.05, 4.69) is 51.7 Å². The normalized spacial score (nSPS) is 11.3. The van der Waals surface area contributed by atoms with Crippen molar-refractivity contribution in [1.29, 1.82) is 0 Å². The molecule has 0 aliphatic heterocycles. The molecule has 5 rings (SSSR count). The van der Waals surface area contributed by atoms with Crippen molar-refractivity contribution >= 4 is 34.3 Å². The number of ether oxygens (including phenoxy) is 1. The summed E-state index contributed by atoms with van der Waals surface area (Å²) in [5, 5.41) is 15.3. The van der Waals surface area contributed by atoms with Crippen molar-refractivity contribution in [3.05, 3.63) is 90.6 Å². The molecule has 0 spiro atoms. The minimum absolute atomic E-state index is 0.202. The van der Waals surface area contributed by atoms with Crippen LogP contribution in [0.2, 0.25) is 0 Å². The third-order valence-corrected chi connectivity index (χ3v) is 6.05. The maximum absolute atomic E-state index is 13.2. The third kappa shape index (κ3) is 5.80. The highest BCUT2D eigenvalue weighted by atomic mass is 16.5. The van der Waals surface area contributed by atoms with E-state index in [4.69, 9.17) is 9.84 Å². The molecule has 0 bridgehead atoms. The fourth-order valence-corrected chi connectivity index (χ4v) is 4.04. The van der Waals surface area contributed by atoms with Gasteiger partial charge >= 0.3 is 6.03 Å². The molecule has 10 heteroatoms. The van der Waals surface area contributed by atoms with E-state index in [1.54, 1.807) is 30.3 Å². The molecule has 10 nitrogen and oxygen atoms in total. The summed E-state index contributed by atoms with van der Waals surface area (Å²) in [6, 6.07) is 18.5. The zero-order chi connectivity index (χ0) is 27.4. The van der Waals surface area contributed by atoms with Crippen LogP contribution in [0.4, 0.5) is 22.2 Å². The summed E-state index contributed by atoms with van der Waals surface area (Å²) in [6.07, 6.45) is 5.09. The Hall–Kier alpha value is -4.99. The first-order valence-corrected chi connectivity index (χ1v) is 12.5. The first kappa shape index (κ1) is 25.7. The van der Waals surface area contributed by atoms with Gasteiger partial charge in [-0.3, -0.25) is 10.3 Å². The molecule has 0 atom stereocenters. The molecule has 0 unspecified atom stereocenters. The van der Waals surface area contributed by atoms with Crippen molar-refractivity contribution < 1.29 is 9.53 Å². The summed E-state index contributed by atoms with van der Waals surface area (Å²) in [5.41, 5.74) is 2.80. The standard InChI is InChI=1S/C29H30N8O2/c1-29(2,3)25-16-26(37(36-25)20-8-7-14-31-17-20)35-28(38)34-23-11-12-24(22-10-6-5-9-21(22)23)39-18-19-13-15-32-27(30-4)33-19/h5-17H,18H2,1-4H3,(H,30,32,33)(H2,34,35,38). The molecule has 198 valence electrons. The van der Waals surface area contributed by atoms with E-state index in [9.17, 15) is 4.79 Å². The number of pyridine rings is 1. The lowest BCUT2D eigenvalue weighted by molar-refractivity contribution is 0.262. The minimum atomic E-state index is -0.389. The molecule has 0 radical (unpaired) electrons. The van der Waals surface area contributed by atoms with Crippen LogP contribution in [0.5, 0.6) is 5.75 Å². The fourth-order valence-electron chi connectivity index (χ4n) is 4.04. The average Bonchev–Trinajstić information content (AvgIpc) is 3.37. The van der Waals surface area contributed by atoms with Crippen LogP contribution < -0.4 is 20.7 Å². The molecule has 0 aliphatic rings. The van der Waals surface area contributed by atoms with Crippen LogP contribution in [0.25, 0.3) is 16.5 Å². The number of nitrogens with zero attached hydrogens (tertiary/aromatic N) is 5. The van der Waals surface area contributed by atoms with Gasteiger partial charge < -0.3 is 15.4 Å². The second-order valence-electron chi connectivity index (χ2n) is 9.93. The van der Waals surface area contributed by atoms with Crippen molar-refractivity contribution in [1.82, 2.24) is 24.7 Å². The highest BCUT2D eigenvalue weighted by Gasteiger charge is 2.22. The Labute approximate surface area is 226 Å². The summed E-state index contributed by atoms with van der Waals surface area (Å²) in [7, 11) is 1.77. The van der Waals surface area contributed by atoms with Gasteiger partial charge in [0.1, 0.15) is 18.2 Å². The summed E-state index contributed by atoms with van der Waals surface area (Å²) < 4.78 is 7.79. The summed E-state index contributed by atoms with van der Waals surface area (Å²) in [5.74, 6) is 1.76. The van der Waals surface area contributed by atoms with Gasteiger partial charge in [-0.15, -0.1) is 0 Å². The largest absolute Gasteiger partial charge is 0.487 e. The monoisotopic (exact) mass is 522 g/mol. The number of nitrogens with one attached hydrogen (secondary N) is 3. The molecule has 0 saturated heterocycles. The molecule has 2 amide bonds. The van der Waals surface area contributed by atoms with Crippen LogP contribution >= 0.6 is 0 Å². The molecule has 5 aromatic rings. The van der Waals surface area contributed by atoms with Gasteiger partial charge in [0.2, 0.25) is 5.95 Å². The highest BCUT2D eigenvalue weighted by molar-refractivity contribution is 6.07. The van der Waals surface area contributed by atoms with Crippen molar-refractivity contribution in [3.63, 3.8) is 0 Å². The van der Waals surface area contributed by atoms with E-state index in [0.717, 1.165) is 27.8 Å². The second-order valence-corrected chi connectivity index (χ2v) is 9.93. The lowest BCUT2D eigenvalue weighted by Crippen LogP contribution is -2.21. The van der Waals surface area contributed by atoms with Crippen LogP contribution in [0.15, 0.2) is 79.3 Å². The summed E-state index contributed by atoms with van der Waals surface area (Å²) in [4.78, 5) is 25.9. The number of hydrogen-bond acceptors (Lipinski definition) is 7. The van der Waals surface area contributed by atoms with Crippen LogP contribution in [0.3, 0.4) is 0 Å². The molecule has 3 N–H and O–H groups in total. The Kier molecular flexibility index (Phi) is 7.09. The van der Waals surface area contributed by atoms with E-state index >= 15 is 0 Å². The van der Waals surface area contributed by atoms with Crippen LogP contribution in [0, 0.1) is 0 Å².